The molecule has 1 rings (SSSR count). The second-order valence-electron chi connectivity index (χ2n) is 4.43. The molecule has 0 spiro atoms. The van der Waals surface area contributed by atoms with Crippen LogP contribution in [0, 0.1) is 27.4 Å². The highest BCUT2D eigenvalue weighted by atomic mass is 16.6. The summed E-state index contributed by atoms with van der Waals surface area (Å²) >= 11 is 0. The number of nitriles is 1. The number of carboxylic acid groups (broad SMARTS) is 1. The maximum Gasteiger partial charge on any atom is 0.270 e. The summed E-state index contributed by atoms with van der Waals surface area (Å²) in [7, 11) is 0. The van der Waals surface area contributed by atoms with Crippen molar-refractivity contribution in [1.29, 1.82) is 5.26 Å². The SMILES string of the molecule is CC[C@@H](C)[C@H](Nc1ccc([N+](=O)[O-])cc1C#N)C(=O)[O-]. The van der Waals surface area contributed by atoms with E-state index in [1.807, 2.05) is 13.0 Å². The van der Waals surface area contributed by atoms with Crippen molar-refractivity contribution in [2.45, 2.75) is 26.3 Å². The fourth-order valence-corrected chi connectivity index (χ4v) is 1.70. The number of hydrogen-bond donors (Lipinski definition) is 1. The minimum absolute atomic E-state index is 0.0220. The molecule has 1 N–H and O–H groups in total. The number of nitrogens with zero attached hydrogens (tertiary/aromatic N) is 2. The van der Waals surface area contributed by atoms with Crippen LogP contribution in [0.25, 0.3) is 0 Å². The van der Waals surface area contributed by atoms with E-state index in [2.05, 4.69) is 5.32 Å². The summed E-state index contributed by atoms with van der Waals surface area (Å²) in [6.07, 6.45) is 0.612. The van der Waals surface area contributed by atoms with Crippen LogP contribution in [0.2, 0.25) is 0 Å². The molecular formula is C13H14N3O4-. The molecule has 0 aromatic heterocycles. The third-order valence-electron chi connectivity index (χ3n) is 3.11. The van der Waals surface area contributed by atoms with Gasteiger partial charge >= 0.3 is 0 Å². The molecule has 0 unspecified atom stereocenters. The number of nitrogens with one attached hydrogen (secondary N) is 1. The van der Waals surface area contributed by atoms with E-state index in [-0.39, 0.29) is 22.9 Å². The third kappa shape index (κ3) is 3.45. The Labute approximate surface area is 116 Å². The molecule has 0 bridgehead atoms. The number of carbonyl (C=O) groups excluding carboxylic acids is 1. The lowest BCUT2D eigenvalue weighted by Crippen LogP contribution is -2.45. The summed E-state index contributed by atoms with van der Waals surface area (Å²) in [6, 6.07) is 4.49. The minimum atomic E-state index is -1.28. The number of carboxylic acids is 1. The first-order valence-electron chi connectivity index (χ1n) is 6.06. The predicted octanol–water partition coefficient (Wildman–Crippen LogP) is 1.04. The molecule has 7 nitrogen and oxygen atoms in total. The molecule has 1 aromatic rings. The van der Waals surface area contributed by atoms with E-state index in [1.165, 1.54) is 12.1 Å². The van der Waals surface area contributed by atoms with Crippen LogP contribution in [0.15, 0.2) is 18.2 Å². The molecular weight excluding hydrogens is 262 g/mol. The molecule has 0 radical (unpaired) electrons. The van der Waals surface area contributed by atoms with Gasteiger partial charge < -0.3 is 15.2 Å². The molecule has 0 heterocycles. The largest absolute Gasteiger partial charge is 0.548 e. The standard InChI is InChI=1S/C13H15N3O4/c1-3-8(2)12(13(17)18)15-11-5-4-10(16(19)20)6-9(11)7-14/h4-6,8,12,15H,3H2,1-2H3,(H,17,18)/p-1/t8-,12+/m1/s1. The van der Waals surface area contributed by atoms with Crippen molar-refractivity contribution in [3.05, 3.63) is 33.9 Å². The number of hydrogen-bond acceptors (Lipinski definition) is 6. The Hall–Kier alpha value is -2.62. The van der Waals surface area contributed by atoms with Crippen molar-refractivity contribution in [2.24, 2.45) is 5.92 Å². The Kier molecular flexibility index (Phi) is 5.03. The number of carbonyl (C=O) groups is 1. The summed E-state index contributed by atoms with van der Waals surface area (Å²) in [5.41, 5.74) is 0.0435. The van der Waals surface area contributed by atoms with Gasteiger partial charge in [0, 0.05) is 12.1 Å². The van der Waals surface area contributed by atoms with Gasteiger partial charge in [0.1, 0.15) is 6.07 Å². The van der Waals surface area contributed by atoms with Crippen LogP contribution >= 0.6 is 0 Å². The summed E-state index contributed by atoms with van der Waals surface area (Å²) < 4.78 is 0. The first-order chi connectivity index (χ1) is 9.40. The van der Waals surface area contributed by atoms with Gasteiger partial charge in [-0.1, -0.05) is 20.3 Å². The van der Waals surface area contributed by atoms with Gasteiger partial charge in [0.05, 0.1) is 28.2 Å². The molecule has 0 aliphatic heterocycles. The van der Waals surface area contributed by atoms with Gasteiger partial charge in [-0.25, -0.2) is 0 Å². The van der Waals surface area contributed by atoms with Crippen LogP contribution in [0.3, 0.4) is 0 Å². The number of benzene rings is 1. The number of aliphatic carboxylic acids is 1. The minimum Gasteiger partial charge on any atom is -0.548 e. The zero-order chi connectivity index (χ0) is 15.3. The average Bonchev–Trinajstić information content (AvgIpc) is 2.43. The number of non-ortho nitro benzene ring substituents is 1. The molecule has 2 atom stereocenters. The van der Waals surface area contributed by atoms with Crippen LogP contribution in [-0.2, 0) is 4.79 Å². The van der Waals surface area contributed by atoms with E-state index in [0.717, 1.165) is 6.07 Å². The molecule has 0 aliphatic carbocycles. The molecule has 0 saturated carbocycles. The van der Waals surface area contributed by atoms with Crippen molar-refractivity contribution < 1.29 is 14.8 Å². The highest BCUT2D eigenvalue weighted by Gasteiger charge is 2.19. The lowest BCUT2D eigenvalue weighted by Gasteiger charge is -2.26. The van der Waals surface area contributed by atoms with Gasteiger partial charge in [-0.2, -0.15) is 5.26 Å². The van der Waals surface area contributed by atoms with Crippen LogP contribution in [0.5, 0.6) is 0 Å². The summed E-state index contributed by atoms with van der Waals surface area (Å²) in [6.45, 7) is 3.58. The monoisotopic (exact) mass is 276 g/mol. The summed E-state index contributed by atoms with van der Waals surface area (Å²) in [4.78, 5) is 21.1. The first-order valence-corrected chi connectivity index (χ1v) is 6.06. The molecule has 0 fully saturated rings. The highest BCUT2D eigenvalue weighted by Crippen LogP contribution is 2.23. The van der Waals surface area contributed by atoms with E-state index in [1.54, 1.807) is 6.92 Å². The third-order valence-corrected chi connectivity index (χ3v) is 3.11. The van der Waals surface area contributed by atoms with Gasteiger partial charge in [-0.15, -0.1) is 0 Å². The van der Waals surface area contributed by atoms with Crippen LogP contribution in [0.1, 0.15) is 25.8 Å². The van der Waals surface area contributed by atoms with Gasteiger partial charge in [0.25, 0.3) is 5.69 Å². The smallest absolute Gasteiger partial charge is 0.270 e. The average molecular weight is 276 g/mol. The number of rotatable bonds is 6. The van der Waals surface area contributed by atoms with Gasteiger partial charge in [0.15, 0.2) is 0 Å². The first kappa shape index (κ1) is 15.4. The zero-order valence-electron chi connectivity index (χ0n) is 11.1. The maximum absolute atomic E-state index is 11.1. The maximum atomic E-state index is 11.1. The van der Waals surface area contributed by atoms with Crippen LogP contribution in [-0.4, -0.2) is 16.9 Å². The van der Waals surface area contributed by atoms with Gasteiger partial charge in [0.2, 0.25) is 0 Å². The van der Waals surface area contributed by atoms with Crippen molar-refractivity contribution in [3.63, 3.8) is 0 Å². The van der Waals surface area contributed by atoms with Crippen molar-refractivity contribution in [3.8, 4) is 6.07 Å². The number of anilines is 1. The predicted molar refractivity (Wildman–Crippen MR) is 69.7 cm³/mol. The Morgan fingerprint density at radius 2 is 2.20 bits per heavy atom. The fourth-order valence-electron chi connectivity index (χ4n) is 1.70. The van der Waals surface area contributed by atoms with Crippen LogP contribution in [0.4, 0.5) is 11.4 Å². The highest BCUT2D eigenvalue weighted by molar-refractivity contribution is 5.77. The van der Waals surface area contributed by atoms with Crippen molar-refractivity contribution in [2.75, 3.05) is 5.32 Å². The van der Waals surface area contributed by atoms with E-state index in [0.29, 0.717) is 6.42 Å². The van der Waals surface area contributed by atoms with Gasteiger partial charge in [-0.05, 0) is 12.0 Å². The number of nitro benzene ring substituents is 1. The summed E-state index contributed by atoms with van der Waals surface area (Å²) in [5.74, 6) is -1.48. The Morgan fingerprint density at radius 1 is 1.55 bits per heavy atom. The van der Waals surface area contributed by atoms with Crippen molar-refractivity contribution in [1.82, 2.24) is 0 Å². The van der Waals surface area contributed by atoms with E-state index in [4.69, 9.17) is 5.26 Å². The van der Waals surface area contributed by atoms with Crippen LogP contribution < -0.4 is 10.4 Å². The van der Waals surface area contributed by atoms with E-state index >= 15 is 0 Å². The molecule has 106 valence electrons. The Bertz CT molecular complexity index is 565. The van der Waals surface area contributed by atoms with E-state index < -0.39 is 16.9 Å². The normalized spacial score (nSPS) is 13.1. The molecule has 20 heavy (non-hydrogen) atoms. The van der Waals surface area contributed by atoms with Crippen molar-refractivity contribution >= 4 is 17.3 Å². The quantitative estimate of drug-likeness (QED) is 0.612. The molecule has 1 aromatic carbocycles. The fraction of sp³-hybridized carbons (Fsp3) is 0.385. The lowest BCUT2D eigenvalue weighted by molar-refractivity contribution is -0.384. The number of nitro groups is 1. The lowest BCUT2D eigenvalue weighted by atomic mass is 9.98. The molecule has 7 heteroatoms. The molecule has 0 aliphatic rings. The topological polar surface area (TPSA) is 119 Å². The second kappa shape index (κ2) is 6.52. The molecule has 0 amide bonds. The summed E-state index contributed by atoms with van der Waals surface area (Å²) in [5, 5.41) is 33.5. The Morgan fingerprint density at radius 3 is 2.65 bits per heavy atom. The van der Waals surface area contributed by atoms with E-state index in [9.17, 15) is 20.0 Å². The second-order valence-corrected chi connectivity index (χ2v) is 4.43. The Balaban J connectivity index is 3.11. The van der Waals surface area contributed by atoms with Gasteiger partial charge in [-0.3, -0.25) is 10.1 Å². The zero-order valence-corrected chi connectivity index (χ0v) is 11.1. The molecule has 0 saturated heterocycles.